The predicted octanol–water partition coefficient (Wildman–Crippen LogP) is 2.04. The average molecular weight is 444 g/mol. The SMILES string of the molecule is COc1cc(OC)nc(NS(=O)(=O)c2ccc(N3C(=O)C4=C(CCCC4)C3=O)cc2)n1. The van der Waals surface area contributed by atoms with E-state index in [9.17, 15) is 18.0 Å². The first-order chi connectivity index (χ1) is 14.8. The van der Waals surface area contributed by atoms with E-state index in [-0.39, 0.29) is 34.4 Å². The zero-order valence-electron chi connectivity index (χ0n) is 16.9. The van der Waals surface area contributed by atoms with Crippen molar-refractivity contribution < 1.29 is 27.5 Å². The molecule has 1 N–H and O–H groups in total. The first-order valence-electron chi connectivity index (χ1n) is 9.55. The van der Waals surface area contributed by atoms with Gasteiger partial charge in [-0.05, 0) is 49.9 Å². The highest BCUT2D eigenvalue weighted by molar-refractivity contribution is 7.92. The molecule has 0 saturated heterocycles. The van der Waals surface area contributed by atoms with Crippen molar-refractivity contribution in [1.29, 1.82) is 0 Å². The Morgan fingerprint density at radius 2 is 1.42 bits per heavy atom. The van der Waals surface area contributed by atoms with Gasteiger partial charge in [-0.15, -0.1) is 0 Å². The second-order valence-electron chi connectivity index (χ2n) is 6.99. The van der Waals surface area contributed by atoms with Crippen LogP contribution >= 0.6 is 0 Å². The second-order valence-corrected chi connectivity index (χ2v) is 8.67. The van der Waals surface area contributed by atoms with E-state index >= 15 is 0 Å². The van der Waals surface area contributed by atoms with Gasteiger partial charge in [-0.1, -0.05) is 0 Å². The summed E-state index contributed by atoms with van der Waals surface area (Å²) in [5, 5.41) is 0. The average Bonchev–Trinajstić information content (AvgIpc) is 3.03. The molecule has 1 aromatic carbocycles. The topological polar surface area (TPSA) is 128 Å². The van der Waals surface area contributed by atoms with Gasteiger partial charge in [0.15, 0.2) is 0 Å². The van der Waals surface area contributed by atoms with Crippen LogP contribution < -0.4 is 19.1 Å². The van der Waals surface area contributed by atoms with Gasteiger partial charge >= 0.3 is 0 Å². The molecule has 0 unspecified atom stereocenters. The van der Waals surface area contributed by atoms with Gasteiger partial charge in [-0.25, -0.2) is 18.0 Å². The molecular weight excluding hydrogens is 424 g/mol. The fourth-order valence-electron chi connectivity index (χ4n) is 3.59. The Kier molecular flexibility index (Phi) is 5.36. The van der Waals surface area contributed by atoms with Gasteiger partial charge in [0.2, 0.25) is 17.7 Å². The molecule has 0 atom stereocenters. The highest BCUT2D eigenvalue weighted by atomic mass is 32.2. The van der Waals surface area contributed by atoms with Gasteiger partial charge in [-0.2, -0.15) is 9.97 Å². The second kappa shape index (κ2) is 7.99. The number of carbonyl (C=O) groups is 2. The number of hydrogen-bond donors (Lipinski definition) is 1. The molecule has 0 radical (unpaired) electrons. The largest absolute Gasteiger partial charge is 0.481 e. The van der Waals surface area contributed by atoms with E-state index in [4.69, 9.17) is 9.47 Å². The fraction of sp³-hybridized carbons (Fsp3) is 0.300. The van der Waals surface area contributed by atoms with Gasteiger partial charge in [0.05, 0.1) is 30.9 Å². The van der Waals surface area contributed by atoms with E-state index in [2.05, 4.69) is 14.7 Å². The number of imide groups is 1. The number of nitrogens with zero attached hydrogens (tertiary/aromatic N) is 3. The number of sulfonamides is 1. The number of nitrogens with one attached hydrogen (secondary N) is 1. The van der Waals surface area contributed by atoms with E-state index < -0.39 is 10.0 Å². The maximum atomic E-state index is 12.7. The molecule has 0 fully saturated rings. The van der Waals surface area contributed by atoms with Crippen molar-refractivity contribution in [1.82, 2.24) is 9.97 Å². The molecule has 4 rings (SSSR count). The summed E-state index contributed by atoms with van der Waals surface area (Å²) in [5.74, 6) is -0.623. The number of aromatic nitrogens is 2. The van der Waals surface area contributed by atoms with Crippen molar-refractivity contribution in [2.75, 3.05) is 23.8 Å². The number of methoxy groups -OCH3 is 2. The summed E-state index contributed by atoms with van der Waals surface area (Å²) in [6, 6.07) is 6.88. The molecule has 2 amide bonds. The lowest BCUT2D eigenvalue weighted by Gasteiger charge is -2.16. The Labute approximate surface area is 178 Å². The molecule has 162 valence electrons. The summed E-state index contributed by atoms with van der Waals surface area (Å²) in [4.78, 5) is 34.3. The summed E-state index contributed by atoms with van der Waals surface area (Å²) < 4.78 is 37.8. The van der Waals surface area contributed by atoms with Crippen LogP contribution in [-0.4, -0.2) is 44.4 Å². The summed E-state index contributed by atoms with van der Waals surface area (Å²) >= 11 is 0. The molecule has 2 heterocycles. The zero-order chi connectivity index (χ0) is 22.2. The number of rotatable bonds is 6. The van der Waals surface area contributed by atoms with Crippen LogP contribution in [0.3, 0.4) is 0 Å². The van der Waals surface area contributed by atoms with Crippen LogP contribution in [0.1, 0.15) is 25.7 Å². The number of hydrogen-bond acceptors (Lipinski definition) is 8. The molecular formula is C20H20N4O6S. The lowest BCUT2D eigenvalue weighted by molar-refractivity contribution is -0.120. The van der Waals surface area contributed by atoms with E-state index in [1.807, 2.05) is 0 Å². The third-order valence-electron chi connectivity index (χ3n) is 5.12. The van der Waals surface area contributed by atoms with E-state index in [1.54, 1.807) is 0 Å². The summed E-state index contributed by atoms with van der Waals surface area (Å²) in [6.07, 6.45) is 2.95. The van der Waals surface area contributed by atoms with Crippen molar-refractivity contribution in [2.24, 2.45) is 0 Å². The number of anilines is 2. The van der Waals surface area contributed by atoms with Crippen LogP contribution in [-0.2, 0) is 19.6 Å². The van der Waals surface area contributed by atoms with Crippen LogP contribution in [0.2, 0.25) is 0 Å². The van der Waals surface area contributed by atoms with Crippen LogP contribution in [0.25, 0.3) is 0 Å². The molecule has 1 aliphatic carbocycles. The lowest BCUT2D eigenvalue weighted by Crippen LogP contribution is -2.31. The molecule has 2 aromatic rings. The quantitative estimate of drug-likeness (QED) is 0.671. The van der Waals surface area contributed by atoms with Gasteiger partial charge in [-0.3, -0.25) is 9.59 Å². The zero-order valence-corrected chi connectivity index (χ0v) is 17.7. The normalized spacial score (nSPS) is 16.4. The molecule has 1 aliphatic heterocycles. The highest BCUT2D eigenvalue weighted by Crippen LogP contribution is 2.35. The molecule has 0 spiro atoms. The summed E-state index contributed by atoms with van der Waals surface area (Å²) in [5.41, 5.74) is 1.46. The van der Waals surface area contributed by atoms with Crippen LogP contribution in [0.5, 0.6) is 11.8 Å². The van der Waals surface area contributed by atoms with Gasteiger partial charge in [0.25, 0.3) is 21.8 Å². The molecule has 1 aromatic heterocycles. The fourth-order valence-corrected chi connectivity index (χ4v) is 4.53. The minimum absolute atomic E-state index is 0.0848. The van der Waals surface area contributed by atoms with Gasteiger partial charge < -0.3 is 9.47 Å². The summed E-state index contributed by atoms with van der Waals surface area (Å²) in [6.45, 7) is 0. The van der Waals surface area contributed by atoms with Crippen LogP contribution in [0.15, 0.2) is 46.4 Å². The van der Waals surface area contributed by atoms with E-state index in [1.165, 1.54) is 44.6 Å². The molecule has 2 aliphatic rings. The monoisotopic (exact) mass is 444 g/mol. The van der Waals surface area contributed by atoms with Crippen molar-refractivity contribution in [2.45, 2.75) is 30.6 Å². The maximum Gasteiger partial charge on any atom is 0.264 e. The Balaban J connectivity index is 1.57. The predicted molar refractivity (Wildman–Crippen MR) is 110 cm³/mol. The number of benzene rings is 1. The molecule has 10 nitrogen and oxygen atoms in total. The van der Waals surface area contributed by atoms with E-state index in [0.29, 0.717) is 29.7 Å². The highest BCUT2D eigenvalue weighted by Gasteiger charge is 2.39. The van der Waals surface area contributed by atoms with Crippen molar-refractivity contribution >= 4 is 33.5 Å². The Morgan fingerprint density at radius 1 is 0.903 bits per heavy atom. The minimum atomic E-state index is -4.04. The standard InChI is InChI=1S/C20H20N4O6S/c1-29-16-11-17(30-2)22-20(21-16)23-31(27,28)13-9-7-12(8-10-13)24-18(25)14-5-3-4-6-15(14)19(24)26/h7-11H,3-6H2,1-2H3,(H,21,22,23). The lowest BCUT2D eigenvalue weighted by atomic mass is 9.93. The smallest absolute Gasteiger partial charge is 0.264 e. The third-order valence-corrected chi connectivity index (χ3v) is 6.46. The molecule has 0 saturated carbocycles. The molecule has 0 bridgehead atoms. The maximum absolute atomic E-state index is 12.7. The van der Waals surface area contributed by atoms with Gasteiger partial charge in [0, 0.05) is 11.1 Å². The first-order valence-corrected chi connectivity index (χ1v) is 11.0. The van der Waals surface area contributed by atoms with Crippen molar-refractivity contribution in [3.8, 4) is 11.8 Å². The first kappa shape index (κ1) is 20.8. The third kappa shape index (κ3) is 3.83. The Morgan fingerprint density at radius 3 is 1.90 bits per heavy atom. The minimum Gasteiger partial charge on any atom is -0.481 e. The number of ether oxygens (including phenoxy) is 2. The number of carbonyl (C=O) groups excluding carboxylic acids is 2. The Bertz CT molecular complexity index is 1140. The number of amides is 2. The van der Waals surface area contributed by atoms with Crippen molar-refractivity contribution in [3.05, 3.63) is 41.5 Å². The Hall–Kier alpha value is -3.47. The van der Waals surface area contributed by atoms with Gasteiger partial charge in [0.1, 0.15) is 0 Å². The summed E-state index contributed by atoms with van der Waals surface area (Å²) in [7, 11) is -1.27. The van der Waals surface area contributed by atoms with Crippen molar-refractivity contribution in [3.63, 3.8) is 0 Å². The van der Waals surface area contributed by atoms with Crippen LogP contribution in [0.4, 0.5) is 11.6 Å². The molecule has 11 heteroatoms. The van der Waals surface area contributed by atoms with E-state index in [0.717, 1.165) is 17.7 Å². The van der Waals surface area contributed by atoms with Crippen LogP contribution in [0, 0.1) is 0 Å². The molecule has 31 heavy (non-hydrogen) atoms.